The molecular formula is C18H24N2O4. The molecule has 130 valence electrons. The molecule has 24 heavy (non-hydrogen) atoms. The van der Waals surface area contributed by atoms with Gasteiger partial charge < -0.3 is 19.8 Å². The van der Waals surface area contributed by atoms with Gasteiger partial charge in [-0.05, 0) is 52.8 Å². The van der Waals surface area contributed by atoms with Gasteiger partial charge in [-0.15, -0.1) is 0 Å². The van der Waals surface area contributed by atoms with Gasteiger partial charge in [-0.25, -0.2) is 0 Å². The van der Waals surface area contributed by atoms with Gasteiger partial charge in [0.2, 0.25) is 5.91 Å². The Morgan fingerprint density at radius 2 is 1.96 bits per heavy atom. The highest BCUT2D eigenvalue weighted by Crippen LogP contribution is 2.28. The van der Waals surface area contributed by atoms with Crippen molar-refractivity contribution in [3.8, 4) is 5.75 Å². The molecule has 2 aromatic rings. The lowest BCUT2D eigenvalue weighted by Crippen LogP contribution is -2.45. The molecular weight excluding hydrogens is 308 g/mol. The zero-order valence-corrected chi connectivity index (χ0v) is 14.8. The maximum Gasteiger partial charge on any atom is 0.287 e. The number of ether oxygens (including phenoxy) is 1. The van der Waals surface area contributed by atoms with Crippen LogP contribution in [0, 0.1) is 6.92 Å². The smallest absolute Gasteiger partial charge is 0.287 e. The molecule has 0 spiro atoms. The quantitative estimate of drug-likeness (QED) is 0.882. The van der Waals surface area contributed by atoms with Crippen LogP contribution in [0.2, 0.25) is 0 Å². The third-order valence-electron chi connectivity index (χ3n) is 3.35. The van der Waals surface area contributed by atoms with Gasteiger partial charge in [-0.1, -0.05) is 0 Å². The second kappa shape index (κ2) is 6.95. The van der Waals surface area contributed by atoms with Crippen LogP contribution in [0.15, 0.2) is 22.6 Å². The van der Waals surface area contributed by atoms with E-state index in [1.807, 2.05) is 40.7 Å². The van der Waals surface area contributed by atoms with Gasteiger partial charge in [0.05, 0.1) is 13.2 Å². The number of fused-ring (bicyclic) bond motifs is 1. The molecule has 0 atom stereocenters. The van der Waals surface area contributed by atoms with Gasteiger partial charge in [0.15, 0.2) is 5.76 Å². The predicted molar refractivity (Wildman–Crippen MR) is 92.3 cm³/mol. The standard InChI is InChI=1S/C18H24N2O4/c1-6-23-12-7-8-14-13(9-12)11(2)16(24-14)17(22)19-10-15(21)20-18(3,4)5/h7-9H,6,10H2,1-5H3,(H,19,22)(H,20,21). The first-order chi connectivity index (χ1) is 11.2. The molecule has 6 nitrogen and oxygen atoms in total. The van der Waals surface area contributed by atoms with Crippen LogP contribution >= 0.6 is 0 Å². The molecule has 2 N–H and O–H groups in total. The number of carbonyl (C=O) groups excluding carboxylic acids is 2. The van der Waals surface area contributed by atoms with E-state index in [1.165, 1.54) is 0 Å². The Balaban J connectivity index is 2.12. The summed E-state index contributed by atoms with van der Waals surface area (Å²) >= 11 is 0. The monoisotopic (exact) mass is 332 g/mol. The summed E-state index contributed by atoms with van der Waals surface area (Å²) in [6.07, 6.45) is 0. The fourth-order valence-electron chi connectivity index (χ4n) is 2.38. The Hall–Kier alpha value is -2.50. The number of aryl methyl sites for hydroxylation is 1. The molecule has 0 bridgehead atoms. The minimum Gasteiger partial charge on any atom is -0.494 e. The first-order valence-electron chi connectivity index (χ1n) is 7.96. The van der Waals surface area contributed by atoms with Crippen LogP contribution in [0.4, 0.5) is 0 Å². The zero-order chi connectivity index (χ0) is 17.9. The molecule has 2 amide bonds. The minimum atomic E-state index is -0.411. The number of nitrogens with one attached hydrogen (secondary N) is 2. The van der Waals surface area contributed by atoms with Crippen molar-refractivity contribution in [1.29, 1.82) is 0 Å². The van der Waals surface area contributed by atoms with Gasteiger partial charge in [0.1, 0.15) is 11.3 Å². The van der Waals surface area contributed by atoms with Crippen molar-refractivity contribution >= 4 is 22.8 Å². The molecule has 0 saturated carbocycles. The minimum absolute atomic E-state index is 0.100. The van der Waals surface area contributed by atoms with E-state index in [2.05, 4.69) is 10.6 Å². The summed E-state index contributed by atoms with van der Waals surface area (Å²) in [4.78, 5) is 24.1. The summed E-state index contributed by atoms with van der Waals surface area (Å²) in [6.45, 7) is 9.83. The molecule has 0 unspecified atom stereocenters. The van der Waals surface area contributed by atoms with Crippen molar-refractivity contribution in [2.45, 2.75) is 40.2 Å². The van der Waals surface area contributed by atoms with Gasteiger partial charge >= 0.3 is 0 Å². The molecule has 0 aliphatic heterocycles. The molecule has 6 heteroatoms. The molecule has 2 rings (SSSR count). The first-order valence-corrected chi connectivity index (χ1v) is 7.96. The normalized spacial score (nSPS) is 11.4. The average Bonchev–Trinajstić information content (AvgIpc) is 2.81. The second-order valence-electron chi connectivity index (χ2n) is 6.63. The summed E-state index contributed by atoms with van der Waals surface area (Å²) in [5.41, 5.74) is 0.993. The largest absolute Gasteiger partial charge is 0.494 e. The molecule has 0 fully saturated rings. The summed E-state index contributed by atoms with van der Waals surface area (Å²) in [5.74, 6) is 0.279. The Kier molecular flexibility index (Phi) is 5.17. The van der Waals surface area contributed by atoms with Crippen LogP contribution in [0.3, 0.4) is 0 Å². The van der Waals surface area contributed by atoms with Crippen LogP contribution in [-0.4, -0.2) is 30.5 Å². The maximum atomic E-state index is 12.3. The number of rotatable bonds is 5. The second-order valence-corrected chi connectivity index (χ2v) is 6.63. The highest BCUT2D eigenvalue weighted by molar-refractivity contribution is 6.00. The summed E-state index contributed by atoms with van der Waals surface area (Å²) in [7, 11) is 0. The molecule has 0 saturated heterocycles. The van der Waals surface area contributed by atoms with Crippen LogP contribution in [0.25, 0.3) is 11.0 Å². The van der Waals surface area contributed by atoms with E-state index in [4.69, 9.17) is 9.15 Å². The Morgan fingerprint density at radius 3 is 2.58 bits per heavy atom. The maximum absolute atomic E-state index is 12.3. The molecule has 0 radical (unpaired) electrons. The van der Waals surface area contributed by atoms with Crippen molar-refractivity contribution in [3.05, 3.63) is 29.5 Å². The lowest BCUT2D eigenvalue weighted by Gasteiger charge is -2.20. The van der Waals surface area contributed by atoms with Gasteiger partial charge in [-0.2, -0.15) is 0 Å². The van der Waals surface area contributed by atoms with E-state index in [-0.39, 0.29) is 23.8 Å². The third kappa shape index (κ3) is 4.28. The number of carbonyl (C=O) groups is 2. The Morgan fingerprint density at radius 1 is 1.25 bits per heavy atom. The Bertz CT molecular complexity index is 756. The summed E-state index contributed by atoms with van der Waals surface area (Å²) in [5, 5.41) is 6.20. The van der Waals surface area contributed by atoms with Crippen molar-refractivity contribution in [2.75, 3.05) is 13.2 Å². The highest BCUT2D eigenvalue weighted by Gasteiger charge is 2.20. The lowest BCUT2D eigenvalue weighted by atomic mass is 10.1. The van der Waals surface area contributed by atoms with E-state index in [0.717, 1.165) is 16.7 Å². The van der Waals surface area contributed by atoms with E-state index >= 15 is 0 Å². The summed E-state index contributed by atoms with van der Waals surface area (Å²) < 4.78 is 11.1. The number of hydrogen-bond donors (Lipinski definition) is 2. The topological polar surface area (TPSA) is 80.6 Å². The van der Waals surface area contributed by atoms with Crippen molar-refractivity contribution in [2.24, 2.45) is 0 Å². The van der Waals surface area contributed by atoms with E-state index in [0.29, 0.717) is 12.2 Å². The van der Waals surface area contributed by atoms with Crippen LogP contribution in [0.5, 0.6) is 5.75 Å². The highest BCUT2D eigenvalue weighted by atomic mass is 16.5. The van der Waals surface area contributed by atoms with Crippen molar-refractivity contribution in [1.82, 2.24) is 10.6 Å². The number of benzene rings is 1. The number of amides is 2. The van der Waals surface area contributed by atoms with Crippen molar-refractivity contribution < 1.29 is 18.7 Å². The molecule has 1 aromatic heterocycles. The molecule has 1 heterocycles. The van der Waals surface area contributed by atoms with Gasteiger partial charge in [-0.3, -0.25) is 9.59 Å². The Labute approximate surface area is 141 Å². The number of hydrogen-bond acceptors (Lipinski definition) is 4. The average molecular weight is 332 g/mol. The molecule has 1 aromatic carbocycles. The van der Waals surface area contributed by atoms with E-state index in [1.54, 1.807) is 12.1 Å². The molecule has 0 aliphatic carbocycles. The zero-order valence-electron chi connectivity index (χ0n) is 14.8. The van der Waals surface area contributed by atoms with Gasteiger partial charge in [0, 0.05) is 16.5 Å². The predicted octanol–water partition coefficient (Wildman–Crippen LogP) is 2.78. The van der Waals surface area contributed by atoms with Crippen LogP contribution in [0.1, 0.15) is 43.8 Å². The molecule has 0 aliphatic rings. The fraction of sp³-hybridized carbons (Fsp3) is 0.444. The fourth-order valence-corrected chi connectivity index (χ4v) is 2.38. The van der Waals surface area contributed by atoms with Crippen molar-refractivity contribution in [3.63, 3.8) is 0 Å². The van der Waals surface area contributed by atoms with Crippen LogP contribution in [-0.2, 0) is 4.79 Å². The van der Waals surface area contributed by atoms with Crippen LogP contribution < -0.4 is 15.4 Å². The van der Waals surface area contributed by atoms with Gasteiger partial charge in [0.25, 0.3) is 5.91 Å². The summed E-state index contributed by atoms with van der Waals surface area (Å²) in [6, 6.07) is 5.42. The SMILES string of the molecule is CCOc1ccc2oc(C(=O)NCC(=O)NC(C)(C)C)c(C)c2c1. The first kappa shape index (κ1) is 17.8. The lowest BCUT2D eigenvalue weighted by molar-refractivity contribution is -0.121. The van der Waals surface area contributed by atoms with E-state index < -0.39 is 5.91 Å². The van der Waals surface area contributed by atoms with E-state index in [9.17, 15) is 9.59 Å². The third-order valence-corrected chi connectivity index (χ3v) is 3.35. The number of furan rings is 1.